The summed E-state index contributed by atoms with van der Waals surface area (Å²) in [6.45, 7) is 8.42. The number of piperidine rings is 1. The molecule has 2 N–H and O–H groups in total. The van der Waals surface area contributed by atoms with Gasteiger partial charge in [-0.1, -0.05) is 43.2 Å². The van der Waals surface area contributed by atoms with E-state index in [0.717, 1.165) is 50.8 Å². The number of nitrogens with zero attached hydrogens (tertiary/aromatic N) is 4. The van der Waals surface area contributed by atoms with E-state index in [4.69, 9.17) is 0 Å². The van der Waals surface area contributed by atoms with Crippen molar-refractivity contribution in [3.8, 4) is 0 Å². The maximum absolute atomic E-state index is 4.59. The molecule has 3 heterocycles. The molecule has 6 nitrogen and oxygen atoms in total. The van der Waals surface area contributed by atoms with Gasteiger partial charge in [-0.3, -0.25) is 9.89 Å². The number of halogens is 1. The first kappa shape index (κ1) is 26.7. The molecule has 2 fully saturated rings. The minimum atomic E-state index is 0. The number of hydrogen-bond donors (Lipinski definition) is 2. The average molecular weight is 577 g/mol. The summed E-state index contributed by atoms with van der Waals surface area (Å²) >= 11 is 0. The fourth-order valence-corrected chi connectivity index (χ4v) is 4.89. The average Bonchev–Trinajstić information content (AvgIpc) is 3.12. The van der Waals surface area contributed by atoms with Crippen LogP contribution in [0.1, 0.15) is 55.2 Å². The number of hydrogen-bond acceptors (Lipinski definition) is 4. The predicted molar refractivity (Wildman–Crippen MR) is 153 cm³/mol. The lowest BCUT2D eigenvalue weighted by atomic mass is 10.0. The number of aliphatic imine (C=N–C) groups is 1. The van der Waals surface area contributed by atoms with E-state index in [1.807, 2.05) is 13.2 Å². The lowest BCUT2D eigenvalue weighted by Crippen LogP contribution is -2.48. The van der Waals surface area contributed by atoms with Gasteiger partial charge in [-0.2, -0.15) is 0 Å². The van der Waals surface area contributed by atoms with Crippen LogP contribution in [0.5, 0.6) is 0 Å². The normalized spacial score (nSPS) is 18.2. The van der Waals surface area contributed by atoms with E-state index in [1.54, 1.807) is 0 Å². The molecule has 34 heavy (non-hydrogen) atoms. The van der Waals surface area contributed by atoms with Gasteiger partial charge < -0.3 is 15.5 Å². The molecule has 1 aromatic carbocycles. The highest BCUT2D eigenvalue weighted by Crippen LogP contribution is 2.19. The van der Waals surface area contributed by atoms with Crippen molar-refractivity contribution < 1.29 is 0 Å². The van der Waals surface area contributed by atoms with Gasteiger partial charge in [0.25, 0.3) is 0 Å². The molecule has 0 unspecified atom stereocenters. The summed E-state index contributed by atoms with van der Waals surface area (Å²) in [5, 5.41) is 7.21. The highest BCUT2D eigenvalue weighted by Gasteiger charge is 2.21. The van der Waals surface area contributed by atoms with Crippen molar-refractivity contribution in [3.63, 3.8) is 0 Å². The molecule has 0 radical (unpaired) electrons. The van der Waals surface area contributed by atoms with Gasteiger partial charge in [0, 0.05) is 45.5 Å². The first-order valence-electron chi connectivity index (χ1n) is 12.6. The smallest absolute Gasteiger partial charge is 0.191 e. The molecule has 4 rings (SSSR count). The van der Waals surface area contributed by atoms with Gasteiger partial charge in [-0.15, -0.1) is 24.0 Å². The highest BCUT2D eigenvalue weighted by atomic mass is 127. The number of anilines is 1. The van der Waals surface area contributed by atoms with Crippen molar-refractivity contribution in [3.05, 3.63) is 59.3 Å². The van der Waals surface area contributed by atoms with E-state index in [-0.39, 0.29) is 24.0 Å². The van der Waals surface area contributed by atoms with Crippen LogP contribution in [-0.4, -0.2) is 55.1 Å². The van der Waals surface area contributed by atoms with Crippen LogP contribution in [0, 0.1) is 6.92 Å². The maximum atomic E-state index is 4.59. The topological polar surface area (TPSA) is 55.8 Å². The minimum Gasteiger partial charge on any atom is -0.356 e. The molecular weight excluding hydrogens is 535 g/mol. The number of nitrogens with one attached hydrogen (secondary N) is 2. The second-order valence-electron chi connectivity index (χ2n) is 9.48. The van der Waals surface area contributed by atoms with Gasteiger partial charge >= 0.3 is 0 Å². The zero-order valence-electron chi connectivity index (χ0n) is 20.8. The largest absolute Gasteiger partial charge is 0.356 e. The molecule has 0 bridgehead atoms. The van der Waals surface area contributed by atoms with E-state index in [1.165, 1.54) is 55.5 Å². The summed E-state index contributed by atoms with van der Waals surface area (Å²) in [6.07, 6.45) is 9.54. The van der Waals surface area contributed by atoms with Crippen molar-refractivity contribution >= 4 is 35.8 Å². The molecule has 0 amide bonds. The summed E-state index contributed by atoms with van der Waals surface area (Å²) in [5.74, 6) is 1.98. The number of aryl methyl sites for hydroxylation is 1. The maximum Gasteiger partial charge on any atom is 0.191 e. The third-order valence-corrected chi connectivity index (χ3v) is 6.94. The van der Waals surface area contributed by atoms with Gasteiger partial charge in [0.1, 0.15) is 5.82 Å². The molecule has 0 spiro atoms. The van der Waals surface area contributed by atoms with Crippen LogP contribution in [0.3, 0.4) is 0 Å². The number of aromatic nitrogens is 1. The second kappa shape index (κ2) is 13.9. The molecule has 2 aliphatic heterocycles. The van der Waals surface area contributed by atoms with Crippen LogP contribution in [0.4, 0.5) is 5.82 Å². The Bertz CT molecular complexity index is 884. The summed E-state index contributed by atoms with van der Waals surface area (Å²) in [5.41, 5.74) is 4.00. The van der Waals surface area contributed by atoms with E-state index >= 15 is 0 Å². The Hall–Kier alpha value is -1.87. The van der Waals surface area contributed by atoms with Crippen molar-refractivity contribution in [2.24, 2.45) is 4.99 Å². The fourth-order valence-electron chi connectivity index (χ4n) is 4.89. The van der Waals surface area contributed by atoms with Gasteiger partial charge in [0.05, 0.1) is 0 Å². The van der Waals surface area contributed by atoms with Crippen LogP contribution < -0.4 is 15.5 Å². The van der Waals surface area contributed by atoms with Crippen LogP contribution >= 0.6 is 24.0 Å². The predicted octanol–water partition coefficient (Wildman–Crippen LogP) is 4.72. The Labute approximate surface area is 222 Å². The Kier molecular flexibility index (Phi) is 10.9. The quantitative estimate of drug-likeness (QED) is 0.296. The molecule has 186 valence electrons. The number of pyridine rings is 1. The fraction of sp³-hybridized carbons (Fsp3) is 0.556. The Morgan fingerprint density at radius 2 is 1.68 bits per heavy atom. The van der Waals surface area contributed by atoms with Crippen molar-refractivity contribution in [1.82, 2.24) is 20.5 Å². The summed E-state index contributed by atoms with van der Waals surface area (Å²) in [6, 6.07) is 13.6. The lowest BCUT2D eigenvalue weighted by Gasteiger charge is -2.34. The van der Waals surface area contributed by atoms with Crippen molar-refractivity contribution in [1.29, 1.82) is 0 Å². The van der Waals surface area contributed by atoms with E-state index in [9.17, 15) is 0 Å². The lowest BCUT2D eigenvalue weighted by molar-refractivity contribution is 0.276. The van der Waals surface area contributed by atoms with E-state index < -0.39 is 0 Å². The van der Waals surface area contributed by atoms with Gasteiger partial charge in [-0.25, -0.2) is 4.98 Å². The number of likely N-dealkylation sites (tertiary alicyclic amines) is 1. The van der Waals surface area contributed by atoms with Crippen LogP contribution in [0.15, 0.2) is 47.6 Å². The number of benzene rings is 1. The molecule has 2 aliphatic rings. The van der Waals surface area contributed by atoms with Crippen LogP contribution in [0.2, 0.25) is 0 Å². The van der Waals surface area contributed by atoms with Gasteiger partial charge in [0.15, 0.2) is 5.96 Å². The van der Waals surface area contributed by atoms with E-state index in [2.05, 4.69) is 73.7 Å². The molecule has 1 aromatic heterocycles. The number of guanidine groups is 1. The summed E-state index contributed by atoms with van der Waals surface area (Å²) in [7, 11) is 1.86. The standard InChI is InChI=1S/C27H40N6.HI/c1-22-11-12-26(29-19-22)33-17-13-25(14-18-33)31-27(28-2)30-20-23-9-5-6-10-24(23)21-32-15-7-3-4-8-16-32;/h5-6,9-12,19,25H,3-4,7-8,13-18,20-21H2,1-2H3,(H2,28,30,31);1H. The Balaban J connectivity index is 0.00000324. The monoisotopic (exact) mass is 576 g/mol. The zero-order chi connectivity index (χ0) is 22.9. The third kappa shape index (κ3) is 7.83. The first-order chi connectivity index (χ1) is 16.2. The number of rotatable bonds is 6. The molecule has 0 atom stereocenters. The highest BCUT2D eigenvalue weighted by molar-refractivity contribution is 14.0. The van der Waals surface area contributed by atoms with Gasteiger partial charge in [-0.05, 0) is 68.5 Å². The van der Waals surface area contributed by atoms with Crippen molar-refractivity contribution in [2.75, 3.05) is 38.1 Å². The van der Waals surface area contributed by atoms with Gasteiger partial charge in [0.2, 0.25) is 0 Å². The van der Waals surface area contributed by atoms with E-state index in [0.29, 0.717) is 6.04 Å². The third-order valence-electron chi connectivity index (χ3n) is 6.94. The molecule has 0 aliphatic carbocycles. The zero-order valence-corrected chi connectivity index (χ0v) is 23.1. The second-order valence-corrected chi connectivity index (χ2v) is 9.48. The Morgan fingerprint density at radius 3 is 2.32 bits per heavy atom. The molecular formula is C27H41IN6. The van der Waals surface area contributed by atoms with Crippen LogP contribution in [-0.2, 0) is 13.1 Å². The molecule has 0 saturated carbocycles. The molecule has 2 aromatic rings. The first-order valence-corrected chi connectivity index (χ1v) is 12.6. The minimum absolute atomic E-state index is 0. The molecule has 2 saturated heterocycles. The SMILES string of the molecule is CN=C(NCc1ccccc1CN1CCCCCC1)NC1CCN(c2ccc(C)cn2)CC1.I. The Morgan fingerprint density at radius 1 is 0.971 bits per heavy atom. The summed E-state index contributed by atoms with van der Waals surface area (Å²) < 4.78 is 0. The van der Waals surface area contributed by atoms with Crippen LogP contribution in [0.25, 0.3) is 0 Å². The van der Waals surface area contributed by atoms with Crippen molar-refractivity contribution in [2.45, 2.75) is 64.6 Å². The molecule has 7 heteroatoms. The summed E-state index contributed by atoms with van der Waals surface area (Å²) in [4.78, 5) is 14.1.